The number of hydrogen-bond donors (Lipinski definition) is 2. The van der Waals surface area contributed by atoms with E-state index in [9.17, 15) is 18.3 Å². The fourth-order valence-electron chi connectivity index (χ4n) is 2.69. The smallest absolute Gasteiger partial charge is 0.372 e. The van der Waals surface area contributed by atoms with Gasteiger partial charge in [-0.3, -0.25) is 5.32 Å². The van der Waals surface area contributed by atoms with E-state index in [2.05, 4.69) is 5.32 Å². The van der Waals surface area contributed by atoms with Crippen molar-refractivity contribution in [3.63, 3.8) is 0 Å². The highest BCUT2D eigenvalue weighted by Crippen LogP contribution is 2.31. The molecule has 5 heteroatoms. The maximum Gasteiger partial charge on any atom is 0.416 e. The van der Waals surface area contributed by atoms with Crippen molar-refractivity contribution in [2.24, 2.45) is 0 Å². The number of nitrogens with one attached hydrogen (secondary N) is 1. The number of alkyl halides is 3. The predicted molar refractivity (Wildman–Crippen MR) is 88.5 cm³/mol. The fraction of sp³-hybridized carbons (Fsp3) is 0.368. The highest BCUT2D eigenvalue weighted by atomic mass is 19.4. The molecule has 2 rings (SSSR count). The summed E-state index contributed by atoms with van der Waals surface area (Å²) in [4.78, 5) is 0. The molecule has 0 radical (unpaired) electrons. The average Bonchev–Trinajstić information content (AvgIpc) is 2.48. The van der Waals surface area contributed by atoms with E-state index >= 15 is 0 Å². The molecule has 2 nitrogen and oxygen atoms in total. The van der Waals surface area contributed by atoms with Crippen LogP contribution in [0.4, 0.5) is 13.2 Å². The molecule has 0 saturated heterocycles. The van der Waals surface area contributed by atoms with Crippen molar-refractivity contribution in [2.45, 2.75) is 45.1 Å². The van der Waals surface area contributed by atoms with Gasteiger partial charge in [0.2, 0.25) is 0 Å². The van der Waals surface area contributed by atoms with Gasteiger partial charge in [-0.05, 0) is 50.5 Å². The van der Waals surface area contributed by atoms with Crippen LogP contribution >= 0.6 is 0 Å². The molecule has 0 spiro atoms. The van der Waals surface area contributed by atoms with E-state index in [1.807, 2.05) is 38.1 Å². The van der Waals surface area contributed by atoms with Gasteiger partial charge < -0.3 is 5.11 Å². The van der Waals surface area contributed by atoms with Gasteiger partial charge in [0.25, 0.3) is 0 Å². The molecule has 0 heterocycles. The summed E-state index contributed by atoms with van der Waals surface area (Å²) in [5, 5.41) is 13.6. The minimum atomic E-state index is -4.43. The molecule has 2 atom stereocenters. The van der Waals surface area contributed by atoms with Gasteiger partial charge in [-0.25, -0.2) is 0 Å². The molecule has 0 fully saturated rings. The third-order valence-electron chi connectivity index (χ3n) is 3.94. The Balaban J connectivity index is 2.11. The lowest BCUT2D eigenvalue weighted by atomic mass is 9.99. The second-order valence-electron chi connectivity index (χ2n) is 6.39. The molecule has 0 saturated carbocycles. The molecule has 2 aromatic rings. The molecule has 0 aliphatic rings. The van der Waals surface area contributed by atoms with Crippen LogP contribution in [0.3, 0.4) is 0 Å². The Kier molecular flexibility index (Phi) is 5.35. The van der Waals surface area contributed by atoms with Gasteiger partial charge in [0, 0.05) is 6.04 Å². The van der Waals surface area contributed by atoms with E-state index in [0.717, 1.165) is 23.3 Å². The first kappa shape index (κ1) is 18.5. The molecule has 0 aromatic heterocycles. The monoisotopic (exact) mass is 337 g/mol. The van der Waals surface area contributed by atoms with Crippen LogP contribution in [0.15, 0.2) is 48.5 Å². The van der Waals surface area contributed by atoms with Crippen LogP contribution in [-0.2, 0) is 18.3 Å². The minimum Gasteiger partial charge on any atom is -0.372 e. The largest absolute Gasteiger partial charge is 0.416 e. The summed E-state index contributed by atoms with van der Waals surface area (Å²) in [5.74, 6) is 0. The van der Waals surface area contributed by atoms with Crippen molar-refractivity contribution < 1.29 is 18.3 Å². The zero-order chi connectivity index (χ0) is 18.0. The van der Waals surface area contributed by atoms with E-state index < -0.39 is 17.5 Å². The molecule has 2 N–H and O–H groups in total. The van der Waals surface area contributed by atoms with Crippen molar-refractivity contribution in [2.75, 3.05) is 0 Å². The number of benzene rings is 2. The first-order valence-electron chi connectivity index (χ1n) is 7.81. The van der Waals surface area contributed by atoms with Gasteiger partial charge in [0.05, 0.1) is 5.56 Å². The van der Waals surface area contributed by atoms with Gasteiger partial charge in [0.15, 0.2) is 0 Å². The number of rotatable bonds is 5. The highest BCUT2D eigenvalue weighted by molar-refractivity contribution is 5.29. The summed E-state index contributed by atoms with van der Waals surface area (Å²) in [7, 11) is 0. The van der Waals surface area contributed by atoms with Gasteiger partial charge in [-0.1, -0.05) is 42.0 Å². The van der Waals surface area contributed by atoms with Crippen LogP contribution in [0.1, 0.15) is 36.1 Å². The zero-order valence-corrected chi connectivity index (χ0v) is 14.0. The molecule has 24 heavy (non-hydrogen) atoms. The number of hydrogen-bond acceptors (Lipinski definition) is 2. The quantitative estimate of drug-likeness (QED) is 0.793. The third-order valence-corrected chi connectivity index (χ3v) is 3.94. The van der Waals surface area contributed by atoms with Crippen molar-refractivity contribution in [3.8, 4) is 0 Å². The maximum atomic E-state index is 12.8. The van der Waals surface area contributed by atoms with Gasteiger partial charge in [-0.2, -0.15) is 13.2 Å². The Labute approximate surface area is 140 Å². The number of halogens is 3. The second kappa shape index (κ2) is 6.95. The van der Waals surface area contributed by atoms with Crippen LogP contribution in [-0.4, -0.2) is 11.1 Å². The minimum absolute atomic E-state index is 0.114. The standard InChI is InChI=1S/C19H22F3NO/c1-13-7-9-15(10-8-13)11-14(2)23-18(3,24)16-5-4-6-17(12-16)19(20,21)22/h4-10,12,14,23-24H,11H2,1-3H3/t14?,18-/m1/s1. The van der Waals surface area contributed by atoms with E-state index in [1.165, 1.54) is 19.1 Å². The first-order chi connectivity index (χ1) is 11.1. The van der Waals surface area contributed by atoms with Crippen molar-refractivity contribution >= 4 is 0 Å². The SMILES string of the molecule is Cc1ccc(CC(C)N[C@](C)(O)c2cccc(C(F)(F)F)c2)cc1. The summed E-state index contributed by atoms with van der Waals surface area (Å²) in [5.41, 5.74) is 0.128. The summed E-state index contributed by atoms with van der Waals surface area (Å²) in [6, 6.07) is 12.7. The van der Waals surface area contributed by atoms with Gasteiger partial charge in [-0.15, -0.1) is 0 Å². The summed E-state index contributed by atoms with van der Waals surface area (Å²) in [6.07, 6.45) is -3.77. The van der Waals surface area contributed by atoms with E-state index in [1.54, 1.807) is 0 Å². The molecule has 1 unspecified atom stereocenters. The Hall–Kier alpha value is -1.85. The Morgan fingerprint density at radius 3 is 2.21 bits per heavy atom. The van der Waals surface area contributed by atoms with Crippen LogP contribution in [0, 0.1) is 6.92 Å². The topological polar surface area (TPSA) is 32.3 Å². The van der Waals surface area contributed by atoms with Crippen LogP contribution in [0.25, 0.3) is 0 Å². The molecule has 0 amide bonds. The molecule has 0 aliphatic heterocycles. The fourth-order valence-corrected chi connectivity index (χ4v) is 2.69. The Bertz CT molecular complexity index is 678. The van der Waals surface area contributed by atoms with Crippen molar-refractivity contribution in [1.29, 1.82) is 0 Å². The third kappa shape index (κ3) is 4.82. The number of aryl methyl sites for hydroxylation is 1. The summed E-state index contributed by atoms with van der Waals surface area (Å²) >= 11 is 0. The average molecular weight is 337 g/mol. The first-order valence-corrected chi connectivity index (χ1v) is 7.81. The Morgan fingerprint density at radius 1 is 1.04 bits per heavy atom. The lowest BCUT2D eigenvalue weighted by Gasteiger charge is -2.30. The summed E-state index contributed by atoms with van der Waals surface area (Å²) in [6.45, 7) is 5.36. The number of aliphatic hydroxyl groups is 1. The molecule has 0 aliphatic carbocycles. The molecule has 2 aromatic carbocycles. The van der Waals surface area contributed by atoms with E-state index in [-0.39, 0.29) is 11.6 Å². The molecular weight excluding hydrogens is 315 g/mol. The molecule has 130 valence electrons. The highest BCUT2D eigenvalue weighted by Gasteiger charge is 2.33. The van der Waals surface area contributed by atoms with Crippen LogP contribution in [0.5, 0.6) is 0 Å². The molecular formula is C19H22F3NO. The lowest BCUT2D eigenvalue weighted by molar-refractivity contribution is -0.137. The molecule has 0 bridgehead atoms. The normalized spacial score (nSPS) is 15.8. The lowest BCUT2D eigenvalue weighted by Crippen LogP contribution is -2.45. The van der Waals surface area contributed by atoms with E-state index in [4.69, 9.17) is 0 Å². The van der Waals surface area contributed by atoms with Crippen molar-refractivity contribution in [3.05, 3.63) is 70.8 Å². The van der Waals surface area contributed by atoms with E-state index in [0.29, 0.717) is 6.42 Å². The van der Waals surface area contributed by atoms with Crippen LogP contribution in [0.2, 0.25) is 0 Å². The maximum absolute atomic E-state index is 12.8. The van der Waals surface area contributed by atoms with Crippen LogP contribution < -0.4 is 5.32 Å². The van der Waals surface area contributed by atoms with Crippen molar-refractivity contribution in [1.82, 2.24) is 5.32 Å². The summed E-state index contributed by atoms with van der Waals surface area (Å²) < 4.78 is 38.5. The second-order valence-corrected chi connectivity index (χ2v) is 6.39. The Morgan fingerprint density at radius 2 is 1.62 bits per heavy atom. The van der Waals surface area contributed by atoms with Gasteiger partial charge >= 0.3 is 6.18 Å². The van der Waals surface area contributed by atoms with Gasteiger partial charge in [0.1, 0.15) is 5.72 Å². The zero-order valence-electron chi connectivity index (χ0n) is 14.0. The predicted octanol–water partition coefficient (Wildman–Crippen LogP) is 4.40.